The van der Waals surface area contributed by atoms with Crippen molar-refractivity contribution in [1.82, 2.24) is 15.1 Å². The molecule has 8 heteroatoms. The number of ether oxygens (including phenoxy) is 2. The van der Waals surface area contributed by atoms with E-state index < -0.39 is 18.2 Å². The zero-order valence-electron chi connectivity index (χ0n) is 20.7. The standard InChI is InChI=1S/C27H39N3O5/c1-18-6-8-19(9-7-18)29-13-14-30-22(17-29)26(32)28-16-25-23(31)11-10-20(35-25)12-15-34-24-5-3-2-4-21(24)27(30)33/h2-5,18-20,22-23,25,31H,6-17H2,1H3,(H,28,32)/t18?,19?,20-,22-,23-,25+/m0/s1. The summed E-state index contributed by atoms with van der Waals surface area (Å²) in [6.07, 6.45) is 5.68. The first-order valence-electron chi connectivity index (χ1n) is 13.4. The van der Waals surface area contributed by atoms with Gasteiger partial charge in [-0.1, -0.05) is 19.1 Å². The Hall–Kier alpha value is -2.16. The molecule has 192 valence electrons. The predicted octanol–water partition coefficient (Wildman–Crippen LogP) is 2.20. The van der Waals surface area contributed by atoms with Gasteiger partial charge in [0.05, 0.1) is 24.4 Å². The maximum Gasteiger partial charge on any atom is 0.258 e. The summed E-state index contributed by atoms with van der Waals surface area (Å²) in [6.45, 7) is 4.78. The van der Waals surface area contributed by atoms with Crippen LogP contribution in [0.4, 0.5) is 0 Å². The Morgan fingerprint density at radius 2 is 1.80 bits per heavy atom. The highest BCUT2D eigenvalue weighted by Gasteiger charge is 2.40. The van der Waals surface area contributed by atoms with Crippen molar-refractivity contribution in [2.45, 2.75) is 82.3 Å². The number of nitrogens with zero attached hydrogens (tertiary/aromatic N) is 2. The van der Waals surface area contributed by atoms with Gasteiger partial charge in [-0.15, -0.1) is 0 Å². The zero-order valence-corrected chi connectivity index (χ0v) is 20.7. The topological polar surface area (TPSA) is 91.3 Å². The first-order chi connectivity index (χ1) is 17.0. The van der Waals surface area contributed by atoms with Crippen molar-refractivity contribution in [2.75, 3.05) is 32.8 Å². The van der Waals surface area contributed by atoms with Crippen LogP contribution in [-0.4, -0.2) is 89.9 Å². The minimum atomic E-state index is -0.606. The second-order valence-electron chi connectivity index (χ2n) is 10.7. The third-order valence-electron chi connectivity index (χ3n) is 8.35. The fourth-order valence-corrected chi connectivity index (χ4v) is 6.10. The quantitative estimate of drug-likeness (QED) is 0.634. The predicted molar refractivity (Wildman–Crippen MR) is 131 cm³/mol. The van der Waals surface area contributed by atoms with Crippen molar-refractivity contribution in [3.63, 3.8) is 0 Å². The number of carbonyl (C=O) groups excluding carboxylic acids is 2. The minimum absolute atomic E-state index is 0.0403. The molecule has 0 unspecified atom stereocenters. The second-order valence-corrected chi connectivity index (χ2v) is 10.7. The molecule has 8 nitrogen and oxygen atoms in total. The Kier molecular flexibility index (Phi) is 7.60. The normalized spacial score (nSPS) is 35.2. The van der Waals surface area contributed by atoms with Gasteiger partial charge in [0.25, 0.3) is 5.91 Å². The molecule has 5 rings (SSSR count). The van der Waals surface area contributed by atoms with Gasteiger partial charge in [0.1, 0.15) is 17.9 Å². The molecule has 2 N–H and O–H groups in total. The van der Waals surface area contributed by atoms with Crippen LogP contribution in [0.1, 0.15) is 62.2 Å². The number of carbonyl (C=O) groups is 2. The summed E-state index contributed by atoms with van der Waals surface area (Å²) in [7, 11) is 0. The summed E-state index contributed by atoms with van der Waals surface area (Å²) < 4.78 is 12.2. The van der Waals surface area contributed by atoms with Gasteiger partial charge in [0.2, 0.25) is 5.91 Å². The lowest BCUT2D eigenvalue weighted by atomic mass is 9.86. The van der Waals surface area contributed by atoms with Crippen molar-refractivity contribution >= 4 is 11.8 Å². The lowest BCUT2D eigenvalue weighted by molar-refractivity contribution is -0.135. The Morgan fingerprint density at radius 1 is 1.00 bits per heavy atom. The molecule has 1 aromatic rings. The number of amides is 2. The fraction of sp³-hybridized carbons (Fsp3) is 0.704. The lowest BCUT2D eigenvalue weighted by Crippen LogP contribution is -2.63. The number of hydrogen-bond donors (Lipinski definition) is 2. The van der Waals surface area contributed by atoms with Gasteiger partial charge in [-0.3, -0.25) is 14.5 Å². The van der Waals surface area contributed by atoms with Crippen LogP contribution in [0.15, 0.2) is 24.3 Å². The van der Waals surface area contributed by atoms with Gasteiger partial charge in [0, 0.05) is 38.6 Å². The van der Waals surface area contributed by atoms with Crippen LogP contribution in [-0.2, 0) is 9.53 Å². The molecule has 1 aromatic carbocycles. The van der Waals surface area contributed by atoms with Crippen molar-refractivity contribution in [2.24, 2.45) is 5.92 Å². The van der Waals surface area contributed by atoms with E-state index in [9.17, 15) is 14.7 Å². The van der Waals surface area contributed by atoms with Crippen LogP contribution < -0.4 is 10.1 Å². The average molecular weight is 486 g/mol. The van der Waals surface area contributed by atoms with Crippen LogP contribution in [0.5, 0.6) is 5.75 Å². The largest absolute Gasteiger partial charge is 0.493 e. The Balaban J connectivity index is 1.40. The third-order valence-corrected chi connectivity index (χ3v) is 8.35. The Labute approximate surface area is 207 Å². The number of para-hydroxylation sites is 1. The van der Waals surface area contributed by atoms with E-state index in [0.29, 0.717) is 49.9 Å². The first-order valence-corrected chi connectivity index (χ1v) is 13.4. The van der Waals surface area contributed by atoms with Gasteiger partial charge in [0.15, 0.2) is 0 Å². The highest BCUT2D eigenvalue weighted by Crippen LogP contribution is 2.30. The van der Waals surface area contributed by atoms with E-state index in [1.165, 1.54) is 12.8 Å². The van der Waals surface area contributed by atoms with Crippen molar-refractivity contribution in [1.29, 1.82) is 0 Å². The molecule has 2 saturated heterocycles. The molecular formula is C27H39N3O5. The summed E-state index contributed by atoms with van der Waals surface area (Å²) in [5, 5.41) is 13.5. The average Bonchev–Trinajstić information content (AvgIpc) is 2.88. The maximum absolute atomic E-state index is 13.7. The van der Waals surface area contributed by atoms with E-state index in [1.54, 1.807) is 11.0 Å². The number of rotatable bonds is 1. The molecule has 1 aliphatic carbocycles. The number of benzene rings is 1. The van der Waals surface area contributed by atoms with Crippen LogP contribution in [0.25, 0.3) is 0 Å². The van der Waals surface area contributed by atoms with Gasteiger partial charge in [-0.25, -0.2) is 0 Å². The van der Waals surface area contributed by atoms with Crippen molar-refractivity contribution < 1.29 is 24.2 Å². The third kappa shape index (κ3) is 5.49. The van der Waals surface area contributed by atoms with Gasteiger partial charge in [-0.2, -0.15) is 0 Å². The Morgan fingerprint density at radius 3 is 2.63 bits per heavy atom. The summed E-state index contributed by atoms with van der Waals surface area (Å²) in [5.74, 6) is 0.964. The van der Waals surface area contributed by atoms with E-state index in [4.69, 9.17) is 9.47 Å². The van der Waals surface area contributed by atoms with E-state index in [2.05, 4.69) is 17.1 Å². The molecule has 35 heavy (non-hydrogen) atoms. The molecule has 2 amide bonds. The van der Waals surface area contributed by atoms with Crippen LogP contribution in [0, 0.1) is 5.92 Å². The molecule has 3 heterocycles. The molecule has 3 fully saturated rings. The van der Waals surface area contributed by atoms with Crippen LogP contribution in [0.2, 0.25) is 0 Å². The summed E-state index contributed by atoms with van der Waals surface area (Å²) >= 11 is 0. The number of aliphatic hydroxyl groups is 1. The van der Waals surface area contributed by atoms with Crippen LogP contribution >= 0.6 is 0 Å². The van der Waals surface area contributed by atoms with E-state index in [-0.39, 0.29) is 24.5 Å². The molecular weight excluding hydrogens is 446 g/mol. The van der Waals surface area contributed by atoms with Gasteiger partial charge in [-0.05, 0) is 56.6 Å². The van der Waals surface area contributed by atoms with Crippen molar-refractivity contribution in [3.05, 3.63) is 29.8 Å². The van der Waals surface area contributed by atoms with E-state index >= 15 is 0 Å². The monoisotopic (exact) mass is 485 g/mol. The van der Waals surface area contributed by atoms with E-state index in [0.717, 1.165) is 31.7 Å². The number of aliphatic hydroxyl groups excluding tert-OH is 1. The zero-order chi connectivity index (χ0) is 24.4. The van der Waals surface area contributed by atoms with Crippen molar-refractivity contribution in [3.8, 4) is 5.75 Å². The molecule has 0 spiro atoms. The summed E-state index contributed by atoms with van der Waals surface area (Å²) in [6, 6.07) is 7.19. The second kappa shape index (κ2) is 10.8. The molecule has 4 aliphatic rings. The van der Waals surface area contributed by atoms with Gasteiger partial charge >= 0.3 is 0 Å². The fourth-order valence-electron chi connectivity index (χ4n) is 6.10. The summed E-state index contributed by atoms with van der Waals surface area (Å²) in [5.41, 5.74) is 0.500. The number of fused-ring (bicyclic) bond motifs is 4. The molecule has 0 aromatic heterocycles. The minimum Gasteiger partial charge on any atom is -0.493 e. The lowest BCUT2D eigenvalue weighted by Gasteiger charge is -2.45. The smallest absolute Gasteiger partial charge is 0.258 e. The maximum atomic E-state index is 13.7. The molecule has 2 bridgehead atoms. The SMILES string of the molecule is CC1CCC(N2CCN3C(=O)c4ccccc4OCC[C@@H]4CC[C@H](O)[C@@H](CNC(=O)[C@@H]3C2)O4)CC1. The highest BCUT2D eigenvalue weighted by atomic mass is 16.5. The van der Waals surface area contributed by atoms with Crippen LogP contribution in [0.3, 0.4) is 0 Å². The van der Waals surface area contributed by atoms with E-state index in [1.807, 2.05) is 18.2 Å². The Bertz CT molecular complexity index is 903. The molecule has 3 aliphatic heterocycles. The number of hydrogen-bond acceptors (Lipinski definition) is 6. The highest BCUT2D eigenvalue weighted by molar-refractivity contribution is 6.00. The summed E-state index contributed by atoms with van der Waals surface area (Å²) in [4.78, 5) is 31.4. The molecule has 1 saturated carbocycles. The molecule has 4 atom stereocenters. The molecule has 0 radical (unpaired) electrons. The van der Waals surface area contributed by atoms with Gasteiger partial charge < -0.3 is 24.8 Å². The number of nitrogens with one attached hydrogen (secondary N) is 1. The first kappa shape index (κ1) is 24.5. The number of piperazine rings is 1.